The Kier molecular flexibility index (Phi) is 4.74. The van der Waals surface area contributed by atoms with Gasteiger partial charge < -0.3 is 10.6 Å². The highest BCUT2D eigenvalue weighted by atomic mass is 19.1. The van der Waals surface area contributed by atoms with Crippen LogP contribution in [0.25, 0.3) is 0 Å². The predicted octanol–water partition coefficient (Wildman–Crippen LogP) is 3.52. The molecule has 0 saturated carbocycles. The molecule has 2 aromatic rings. The van der Waals surface area contributed by atoms with Crippen LogP contribution in [-0.2, 0) is 6.54 Å². The minimum atomic E-state index is -0.206. The lowest BCUT2D eigenvalue weighted by Gasteiger charge is -2.20. The Morgan fingerprint density at radius 3 is 2.20 bits per heavy atom. The van der Waals surface area contributed by atoms with Gasteiger partial charge in [0.05, 0.1) is 0 Å². The van der Waals surface area contributed by atoms with Crippen molar-refractivity contribution in [2.45, 2.75) is 19.4 Å². The molecule has 3 heteroatoms. The summed E-state index contributed by atoms with van der Waals surface area (Å²) in [5.74, 6) is 0.182. The molecule has 0 aliphatic heterocycles. The summed E-state index contributed by atoms with van der Waals surface area (Å²) in [5.41, 5.74) is 9.17. The van der Waals surface area contributed by atoms with E-state index >= 15 is 0 Å². The summed E-state index contributed by atoms with van der Waals surface area (Å²) >= 11 is 0. The monoisotopic (exact) mass is 272 g/mol. The first-order valence-electron chi connectivity index (χ1n) is 6.85. The third kappa shape index (κ3) is 3.58. The van der Waals surface area contributed by atoms with E-state index in [1.165, 1.54) is 23.3 Å². The van der Waals surface area contributed by atoms with Crippen molar-refractivity contribution in [1.29, 1.82) is 0 Å². The number of nitrogens with zero attached hydrogens (tertiary/aromatic N) is 1. The zero-order valence-electron chi connectivity index (χ0n) is 12.0. The Morgan fingerprint density at radius 2 is 1.65 bits per heavy atom. The fourth-order valence-corrected chi connectivity index (χ4v) is 2.15. The van der Waals surface area contributed by atoms with Crippen molar-refractivity contribution in [3.05, 3.63) is 65.5 Å². The van der Waals surface area contributed by atoms with E-state index in [0.717, 1.165) is 12.2 Å². The fourth-order valence-electron chi connectivity index (χ4n) is 2.15. The number of hydrogen-bond acceptors (Lipinski definition) is 2. The van der Waals surface area contributed by atoms with Crippen molar-refractivity contribution in [2.24, 2.45) is 5.73 Å². The Morgan fingerprint density at radius 1 is 1.05 bits per heavy atom. The Hall–Kier alpha value is -1.87. The van der Waals surface area contributed by atoms with E-state index in [9.17, 15) is 4.39 Å². The standard InChI is InChI=1S/C17H21FN2/c1-13(11-19)15-5-3-14(4-6-15)12-20(2)17-9-7-16(18)8-10-17/h3-10,13H,11-12,19H2,1-2H3. The minimum Gasteiger partial charge on any atom is -0.370 e. The van der Waals surface area contributed by atoms with Crippen molar-refractivity contribution in [1.82, 2.24) is 0 Å². The molecule has 0 spiro atoms. The van der Waals surface area contributed by atoms with Gasteiger partial charge in [0.25, 0.3) is 0 Å². The van der Waals surface area contributed by atoms with Gasteiger partial charge in [-0.1, -0.05) is 31.2 Å². The first-order valence-corrected chi connectivity index (χ1v) is 6.85. The molecule has 1 atom stereocenters. The van der Waals surface area contributed by atoms with E-state index in [2.05, 4.69) is 36.1 Å². The maximum Gasteiger partial charge on any atom is 0.123 e. The Bertz CT molecular complexity index is 534. The summed E-state index contributed by atoms with van der Waals surface area (Å²) in [6, 6.07) is 15.1. The van der Waals surface area contributed by atoms with Crippen LogP contribution in [0.1, 0.15) is 24.0 Å². The molecular formula is C17H21FN2. The van der Waals surface area contributed by atoms with Gasteiger partial charge in [0.15, 0.2) is 0 Å². The first-order chi connectivity index (χ1) is 9.60. The summed E-state index contributed by atoms with van der Waals surface area (Å²) in [6.45, 7) is 3.58. The van der Waals surface area contributed by atoms with Gasteiger partial charge >= 0.3 is 0 Å². The smallest absolute Gasteiger partial charge is 0.123 e. The van der Waals surface area contributed by atoms with Crippen LogP contribution in [-0.4, -0.2) is 13.6 Å². The maximum atomic E-state index is 12.9. The van der Waals surface area contributed by atoms with Gasteiger partial charge in [-0.15, -0.1) is 0 Å². The van der Waals surface area contributed by atoms with E-state index in [1.54, 1.807) is 12.1 Å². The molecule has 2 rings (SSSR count). The van der Waals surface area contributed by atoms with E-state index < -0.39 is 0 Å². The molecule has 0 aliphatic rings. The van der Waals surface area contributed by atoms with Crippen LogP contribution in [0.3, 0.4) is 0 Å². The normalized spacial score (nSPS) is 12.2. The lowest BCUT2D eigenvalue weighted by atomic mass is 10.00. The fraction of sp³-hybridized carbons (Fsp3) is 0.294. The first kappa shape index (κ1) is 14.5. The number of anilines is 1. The van der Waals surface area contributed by atoms with Crippen molar-refractivity contribution >= 4 is 5.69 Å². The second kappa shape index (κ2) is 6.53. The molecule has 0 fully saturated rings. The molecule has 0 aromatic heterocycles. The Balaban J connectivity index is 2.04. The van der Waals surface area contributed by atoms with Crippen molar-refractivity contribution in [3.8, 4) is 0 Å². The van der Waals surface area contributed by atoms with Crippen LogP contribution >= 0.6 is 0 Å². The predicted molar refractivity (Wildman–Crippen MR) is 82.4 cm³/mol. The quantitative estimate of drug-likeness (QED) is 0.902. The van der Waals surface area contributed by atoms with Gasteiger partial charge in [0, 0.05) is 19.3 Å². The molecule has 0 saturated heterocycles. The number of halogens is 1. The highest BCUT2D eigenvalue weighted by Crippen LogP contribution is 2.18. The van der Waals surface area contributed by atoms with Crippen LogP contribution in [0, 0.1) is 5.82 Å². The topological polar surface area (TPSA) is 29.3 Å². The molecule has 106 valence electrons. The molecule has 20 heavy (non-hydrogen) atoms. The second-order valence-electron chi connectivity index (χ2n) is 5.21. The largest absolute Gasteiger partial charge is 0.370 e. The molecule has 1 unspecified atom stereocenters. The van der Waals surface area contributed by atoms with E-state index in [1.807, 2.05) is 7.05 Å². The van der Waals surface area contributed by atoms with Crippen LogP contribution < -0.4 is 10.6 Å². The van der Waals surface area contributed by atoms with Crippen LogP contribution in [0.5, 0.6) is 0 Å². The van der Waals surface area contributed by atoms with Gasteiger partial charge in [-0.3, -0.25) is 0 Å². The summed E-state index contributed by atoms with van der Waals surface area (Å²) in [4.78, 5) is 2.10. The van der Waals surface area contributed by atoms with Gasteiger partial charge in [-0.25, -0.2) is 4.39 Å². The highest BCUT2D eigenvalue weighted by Gasteiger charge is 2.05. The molecule has 2 aromatic carbocycles. The molecule has 0 amide bonds. The molecule has 0 heterocycles. The zero-order valence-corrected chi connectivity index (χ0v) is 12.0. The van der Waals surface area contributed by atoms with E-state index in [4.69, 9.17) is 5.73 Å². The second-order valence-corrected chi connectivity index (χ2v) is 5.21. The van der Waals surface area contributed by atoms with Crippen molar-refractivity contribution < 1.29 is 4.39 Å². The molecule has 2 N–H and O–H groups in total. The lowest BCUT2D eigenvalue weighted by Crippen LogP contribution is -2.16. The van der Waals surface area contributed by atoms with Crippen molar-refractivity contribution in [2.75, 3.05) is 18.5 Å². The summed E-state index contributed by atoms with van der Waals surface area (Å²) < 4.78 is 12.9. The SMILES string of the molecule is CC(CN)c1ccc(CN(C)c2ccc(F)cc2)cc1. The number of rotatable bonds is 5. The van der Waals surface area contributed by atoms with Crippen LogP contribution in [0.2, 0.25) is 0 Å². The van der Waals surface area contributed by atoms with Gasteiger partial charge in [-0.05, 0) is 47.9 Å². The lowest BCUT2D eigenvalue weighted by molar-refractivity contribution is 0.627. The average molecular weight is 272 g/mol. The van der Waals surface area contributed by atoms with Crippen molar-refractivity contribution in [3.63, 3.8) is 0 Å². The van der Waals surface area contributed by atoms with E-state index in [0.29, 0.717) is 12.5 Å². The maximum absolute atomic E-state index is 12.9. The minimum absolute atomic E-state index is 0.206. The molecule has 0 bridgehead atoms. The van der Waals surface area contributed by atoms with Crippen LogP contribution in [0.15, 0.2) is 48.5 Å². The molecule has 0 radical (unpaired) electrons. The van der Waals surface area contributed by atoms with Gasteiger partial charge in [-0.2, -0.15) is 0 Å². The molecule has 2 nitrogen and oxygen atoms in total. The van der Waals surface area contributed by atoms with Gasteiger partial charge in [0.2, 0.25) is 0 Å². The zero-order chi connectivity index (χ0) is 14.5. The van der Waals surface area contributed by atoms with Gasteiger partial charge in [0.1, 0.15) is 5.82 Å². The molecule has 0 aliphatic carbocycles. The summed E-state index contributed by atoms with van der Waals surface area (Å²) in [5, 5.41) is 0. The van der Waals surface area contributed by atoms with E-state index in [-0.39, 0.29) is 5.82 Å². The summed E-state index contributed by atoms with van der Waals surface area (Å²) in [7, 11) is 2.00. The highest BCUT2D eigenvalue weighted by molar-refractivity contribution is 5.46. The number of hydrogen-bond donors (Lipinski definition) is 1. The third-order valence-corrected chi connectivity index (χ3v) is 3.59. The summed E-state index contributed by atoms with van der Waals surface area (Å²) in [6.07, 6.45) is 0. The molecular weight excluding hydrogens is 251 g/mol. The average Bonchev–Trinajstić information content (AvgIpc) is 2.48. The van der Waals surface area contributed by atoms with Crippen LogP contribution in [0.4, 0.5) is 10.1 Å². The number of nitrogens with two attached hydrogens (primary N) is 1. The number of benzene rings is 2. The third-order valence-electron chi connectivity index (χ3n) is 3.59. The Labute approximate surface area is 120 Å².